The Bertz CT molecular complexity index is 554. The van der Waals surface area contributed by atoms with Crippen molar-refractivity contribution in [1.82, 2.24) is 5.32 Å². The molecule has 1 aliphatic rings. The molecule has 1 fully saturated rings. The Hall–Kier alpha value is -1.31. The molecule has 0 aromatic heterocycles. The molecule has 1 aromatic carbocycles. The molecule has 24 heavy (non-hydrogen) atoms. The van der Waals surface area contributed by atoms with Crippen molar-refractivity contribution in [2.24, 2.45) is 5.73 Å². The Morgan fingerprint density at radius 2 is 2.04 bits per heavy atom. The number of halogens is 4. The molecule has 136 valence electrons. The van der Waals surface area contributed by atoms with Crippen LogP contribution in [0.5, 0.6) is 0 Å². The second-order valence-electron chi connectivity index (χ2n) is 5.80. The molecule has 3 unspecified atom stereocenters. The van der Waals surface area contributed by atoms with Crippen molar-refractivity contribution in [1.29, 1.82) is 0 Å². The predicted molar refractivity (Wildman–Crippen MR) is 87.1 cm³/mol. The van der Waals surface area contributed by atoms with Crippen molar-refractivity contribution in [2.75, 3.05) is 13.7 Å². The number of nitrogens with one attached hydrogen (secondary N) is 1. The van der Waals surface area contributed by atoms with E-state index in [9.17, 15) is 18.0 Å². The highest BCUT2D eigenvalue weighted by atomic mass is 35.5. The monoisotopic (exact) mass is 366 g/mol. The number of hydrogen-bond acceptors (Lipinski definition) is 3. The van der Waals surface area contributed by atoms with Gasteiger partial charge in [-0.3, -0.25) is 4.79 Å². The smallest absolute Gasteiger partial charge is 0.383 e. The van der Waals surface area contributed by atoms with Gasteiger partial charge in [-0.05, 0) is 24.5 Å². The first-order chi connectivity index (χ1) is 10.8. The van der Waals surface area contributed by atoms with Crippen LogP contribution in [0, 0.1) is 0 Å². The summed E-state index contributed by atoms with van der Waals surface area (Å²) in [6, 6.07) is 4.39. The van der Waals surface area contributed by atoms with E-state index in [0.29, 0.717) is 12.8 Å². The molecule has 1 aromatic rings. The third-order valence-corrected chi connectivity index (χ3v) is 4.19. The van der Waals surface area contributed by atoms with Crippen LogP contribution in [0.4, 0.5) is 13.2 Å². The highest BCUT2D eigenvalue weighted by Gasteiger charge is 2.39. The van der Waals surface area contributed by atoms with Crippen LogP contribution < -0.4 is 11.1 Å². The summed E-state index contributed by atoms with van der Waals surface area (Å²) < 4.78 is 44.4. The average Bonchev–Trinajstić information content (AvgIpc) is 2.94. The average molecular weight is 367 g/mol. The molecule has 1 saturated carbocycles. The van der Waals surface area contributed by atoms with Crippen LogP contribution >= 0.6 is 12.4 Å². The minimum atomic E-state index is -4.40. The molecule has 0 saturated heterocycles. The van der Waals surface area contributed by atoms with Crippen LogP contribution in [-0.4, -0.2) is 31.7 Å². The first kappa shape index (κ1) is 20.7. The zero-order valence-corrected chi connectivity index (χ0v) is 14.1. The van der Waals surface area contributed by atoms with E-state index in [0.717, 1.165) is 12.5 Å². The molecule has 3 atom stereocenters. The minimum Gasteiger partial charge on any atom is -0.383 e. The third-order valence-electron chi connectivity index (χ3n) is 4.19. The van der Waals surface area contributed by atoms with Crippen molar-refractivity contribution in [3.8, 4) is 0 Å². The van der Waals surface area contributed by atoms with Gasteiger partial charge in [-0.25, -0.2) is 0 Å². The number of rotatable bonds is 5. The minimum absolute atomic E-state index is 0. The van der Waals surface area contributed by atoms with Gasteiger partial charge in [-0.15, -0.1) is 12.4 Å². The van der Waals surface area contributed by atoms with Gasteiger partial charge in [0.15, 0.2) is 0 Å². The molecule has 1 aliphatic carbocycles. The van der Waals surface area contributed by atoms with E-state index >= 15 is 0 Å². The number of methoxy groups -OCH3 is 1. The fourth-order valence-electron chi connectivity index (χ4n) is 3.13. The molecule has 4 nitrogen and oxygen atoms in total. The van der Waals surface area contributed by atoms with E-state index in [1.54, 1.807) is 6.07 Å². The number of amides is 1. The summed E-state index contributed by atoms with van der Waals surface area (Å²) in [5, 5.41) is 2.78. The van der Waals surface area contributed by atoms with Crippen molar-refractivity contribution >= 4 is 18.3 Å². The maximum Gasteiger partial charge on any atom is 0.416 e. The molecule has 1 amide bonds. The fourth-order valence-corrected chi connectivity index (χ4v) is 3.13. The number of carbonyl (C=O) groups is 1. The van der Waals surface area contributed by atoms with E-state index in [1.807, 2.05) is 0 Å². The topological polar surface area (TPSA) is 64.3 Å². The van der Waals surface area contributed by atoms with Gasteiger partial charge in [-0.2, -0.15) is 13.2 Å². The lowest BCUT2D eigenvalue weighted by molar-refractivity contribution is -0.138. The van der Waals surface area contributed by atoms with Crippen LogP contribution in [0.3, 0.4) is 0 Å². The van der Waals surface area contributed by atoms with Gasteiger partial charge >= 0.3 is 6.18 Å². The summed E-state index contributed by atoms with van der Waals surface area (Å²) >= 11 is 0. The predicted octanol–water partition coefficient (Wildman–Crippen LogP) is 2.85. The zero-order valence-electron chi connectivity index (χ0n) is 13.3. The molecular weight excluding hydrogens is 345 g/mol. The van der Waals surface area contributed by atoms with Crippen LogP contribution in [0.1, 0.15) is 36.3 Å². The van der Waals surface area contributed by atoms with Crippen LogP contribution in [-0.2, 0) is 15.7 Å². The fraction of sp³-hybridized carbons (Fsp3) is 0.562. The Balaban J connectivity index is 0.00000288. The number of hydrogen-bond donors (Lipinski definition) is 2. The van der Waals surface area contributed by atoms with Crippen molar-refractivity contribution in [3.63, 3.8) is 0 Å². The highest BCUT2D eigenvalue weighted by molar-refractivity contribution is 5.85. The lowest BCUT2D eigenvalue weighted by Crippen LogP contribution is -2.48. The summed E-state index contributed by atoms with van der Waals surface area (Å²) in [5.74, 6) is -0.750. The standard InChI is InChI=1S/C16H21F3N2O2.ClH/c1-23-9-13(20)15(22)21-14-8-4-6-11(14)10-5-2-3-7-12(10)16(17,18)19;/h2-3,5,7,11,13-14H,4,6,8-9,20H2,1H3,(H,21,22);1H. The Labute approximate surface area is 145 Å². The molecule has 0 radical (unpaired) electrons. The SMILES string of the molecule is COCC(N)C(=O)NC1CCCC1c1ccccc1C(F)(F)F.Cl. The maximum absolute atomic E-state index is 13.2. The summed E-state index contributed by atoms with van der Waals surface area (Å²) in [6.07, 6.45) is -2.39. The molecule has 0 aliphatic heterocycles. The summed E-state index contributed by atoms with van der Waals surface area (Å²) in [5.41, 5.74) is 5.28. The number of benzene rings is 1. The van der Waals surface area contributed by atoms with Gasteiger partial charge in [0, 0.05) is 19.1 Å². The van der Waals surface area contributed by atoms with Gasteiger partial charge in [0.1, 0.15) is 6.04 Å². The van der Waals surface area contributed by atoms with Gasteiger partial charge in [0.05, 0.1) is 12.2 Å². The van der Waals surface area contributed by atoms with E-state index in [2.05, 4.69) is 5.32 Å². The van der Waals surface area contributed by atoms with Gasteiger partial charge in [-0.1, -0.05) is 24.6 Å². The first-order valence-electron chi connectivity index (χ1n) is 7.55. The molecule has 2 rings (SSSR count). The summed E-state index contributed by atoms with van der Waals surface area (Å²) in [7, 11) is 1.44. The molecule has 0 bridgehead atoms. The molecule has 0 heterocycles. The van der Waals surface area contributed by atoms with Gasteiger partial charge in [0.2, 0.25) is 5.91 Å². The van der Waals surface area contributed by atoms with Crippen molar-refractivity contribution < 1.29 is 22.7 Å². The first-order valence-corrected chi connectivity index (χ1v) is 7.55. The van der Waals surface area contributed by atoms with Crippen LogP contribution in [0.2, 0.25) is 0 Å². The van der Waals surface area contributed by atoms with Gasteiger partial charge < -0.3 is 15.8 Å². The number of carbonyl (C=O) groups excluding carboxylic acids is 1. The largest absolute Gasteiger partial charge is 0.416 e. The number of alkyl halides is 3. The summed E-state index contributed by atoms with van der Waals surface area (Å²) in [4.78, 5) is 12.0. The van der Waals surface area contributed by atoms with E-state index in [-0.39, 0.29) is 36.5 Å². The third kappa shape index (κ3) is 4.84. The number of nitrogens with two attached hydrogens (primary N) is 1. The molecule has 3 N–H and O–H groups in total. The second kappa shape index (κ2) is 8.69. The van der Waals surface area contributed by atoms with Crippen LogP contribution in [0.25, 0.3) is 0 Å². The van der Waals surface area contributed by atoms with E-state index < -0.39 is 23.7 Å². The Morgan fingerprint density at radius 1 is 1.38 bits per heavy atom. The normalized spacial score (nSPS) is 21.9. The lowest BCUT2D eigenvalue weighted by atomic mass is 9.89. The van der Waals surface area contributed by atoms with Crippen molar-refractivity contribution in [2.45, 2.75) is 43.4 Å². The van der Waals surface area contributed by atoms with Gasteiger partial charge in [0.25, 0.3) is 0 Å². The lowest BCUT2D eigenvalue weighted by Gasteiger charge is -2.25. The highest BCUT2D eigenvalue weighted by Crippen LogP contribution is 2.41. The number of ether oxygens (including phenoxy) is 1. The molecule has 0 spiro atoms. The van der Waals surface area contributed by atoms with E-state index in [1.165, 1.54) is 19.2 Å². The summed E-state index contributed by atoms with van der Waals surface area (Å²) in [6.45, 7) is 0.0718. The van der Waals surface area contributed by atoms with E-state index in [4.69, 9.17) is 10.5 Å². The van der Waals surface area contributed by atoms with Crippen molar-refractivity contribution in [3.05, 3.63) is 35.4 Å². The quantitative estimate of drug-likeness (QED) is 0.842. The molecule has 8 heteroatoms. The Morgan fingerprint density at radius 3 is 2.67 bits per heavy atom. The zero-order chi connectivity index (χ0) is 17.0. The Kier molecular flexibility index (Phi) is 7.51. The molecular formula is C16H22ClF3N2O2. The van der Waals surface area contributed by atoms with Crippen LogP contribution in [0.15, 0.2) is 24.3 Å². The second-order valence-corrected chi connectivity index (χ2v) is 5.80. The maximum atomic E-state index is 13.2.